The van der Waals surface area contributed by atoms with Gasteiger partial charge < -0.3 is 10.4 Å². The molecule has 0 aromatic carbocycles. The Hall–Kier alpha value is -2.21. The van der Waals surface area contributed by atoms with Gasteiger partial charge in [0.15, 0.2) is 0 Å². The first-order chi connectivity index (χ1) is 10.7. The van der Waals surface area contributed by atoms with Gasteiger partial charge in [0.05, 0.1) is 0 Å². The Kier molecular flexibility index (Phi) is 6.09. The first-order valence-corrected chi connectivity index (χ1v) is 7.53. The van der Waals surface area contributed by atoms with Crippen molar-refractivity contribution in [2.75, 3.05) is 18.5 Å². The minimum atomic E-state index is -0.131. The average molecular weight is 302 g/mol. The lowest BCUT2D eigenvalue weighted by atomic mass is 10.1. The van der Waals surface area contributed by atoms with Crippen molar-refractivity contribution >= 4 is 5.95 Å². The van der Waals surface area contributed by atoms with Crippen LogP contribution in [0.15, 0.2) is 29.3 Å². The van der Waals surface area contributed by atoms with Crippen LogP contribution in [0.2, 0.25) is 0 Å². The fraction of sp³-hybridized carbons (Fsp3) is 0.438. The molecule has 22 heavy (non-hydrogen) atoms. The Bertz CT molecular complexity index is 637. The number of hydrogen-bond acceptors (Lipinski definition) is 5. The summed E-state index contributed by atoms with van der Waals surface area (Å²) in [5.74, 6) is 0.486. The zero-order chi connectivity index (χ0) is 15.8. The molecular weight excluding hydrogens is 280 g/mol. The SMILES string of the molecule is Cc1ccc(Cc2cnc(NCCCCCO)[nH]c2=O)cn1. The number of aromatic nitrogens is 3. The largest absolute Gasteiger partial charge is 0.396 e. The first-order valence-electron chi connectivity index (χ1n) is 7.53. The van der Waals surface area contributed by atoms with Gasteiger partial charge in [0.25, 0.3) is 5.56 Å². The van der Waals surface area contributed by atoms with E-state index in [0.29, 0.717) is 17.9 Å². The standard InChI is InChI=1S/C16H22N4O2/c1-12-5-6-13(10-18-12)9-14-11-19-16(20-15(14)22)17-7-3-2-4-8-21/h5-6,10-11,21H,2-4,7-9H2,1H3,(H2,17,19,20,22). The summed E-state index contributed by atoms with van der Waals surface area (Å²) in [6.45, 7) is 2.88. The number of rotatable bonds is 8. The Morgan fingerprint density at radius 1 is 1.18 bits per heavy atom. The van der Waals surface area contributed by atoms with Gasteiger partial charge in [0.2, 0.25) is 5.95 Å². The molecule has 2 aromatic heterocycles. The summed E-state index contributed by atoms with van der Waals surface area (Å²) in [6, 6.07) is 3.90. The van der Waals surface area contributed by atoms with Crippen LogP contribution in [0.5, 0.6) is 0 Å². The predicted octanol–water partition coefficient (Wildman–Crippen LogP) is 1.64. The molecule has 3 N–H and O–H groups in total. The summed E-state index contributed by atoms with van der Waals surface area (Å²) in [6.07, 6.45) is 6.59. The molecule has 118 valence electrons. The molecule has 0 aliphatic rings. The Balaban J connectivity index is 1.92. The molecule has 2 rings (SSSR count). The highest BCUT2D eigenvalue weighted by molar-refractivity contribution is 5.27. The van der Waals surface area contributed by atoms with Crippen LogP contribution in [-0.2, 0) is 6.42 Å². The predicted molar refractivity (Wildman–Crippen MR) is 86.1 cm³/mol. The van der Waals surface area contributed by atoms with Crippen molar-refractivity contribution in [3.05, 3.63) is 51.7 Å². The summed E-state index contributed by atoms with van der Waals surface area (Å²) in [4.78, 5) is 23.3. The van der Waals surface area contributed by atoms with Crippen molar-refractivity contribution in [2.24, 2.45) is 0 Å². The molecule has 0 atom stereocenters. The third-order valence-electron chi connectivity index (χ3n) is 3.37. The molecule has 0 spiro atoms. The van der Waals surface area contributed by atoms with Gasteiger partial charge in [-0.25, -0.2) is 4.98 Å². The summed E-state index contributed by atoms with van der Waals surface area (Å²) < 4.78 is 0. The van der Waals surface area contributed by atoms with Crippen molar-refractivity contribution in [3.63, 3.8) is 0 Å². The van der Waals surface area contributed by atoms with Crippen molar-refractivity contribution in [1.29, 1.82) is 0 Å². The molecule has 6 heteroatoms. The van der Waals surface area contributed by atoms with Gasteiger partial charge in [0, 0.05) is 43.2 Å². The number of H-pyrrole nitrogens is 1. The second-order valence-corrected chi connectivity index (χ2v) is 5.28. The monoisotopic (exact) mass is 302 g/mol. The highest BCUT2D eigenvalue weighted by Gasteiger charge is 2.04. The molecule has 0 saturated heterocycles. The number of nitrogens with zero attached hydrogens (tertiary/aromatic N) is 2. The molecule has 0 amide bonds. The summed E-state index contributed by atoms with van der Waals surface area (Å²) in [5.41, 5.74) is 2.43. The van der Waals surface area contributed by atoms with Gasteiger partial charge in [-0.1, -0.05) is 6.07 Å². The van der Waals surface area contributed by atoms with Gasteiger partial charge in [-0.05, 0) is 37.8 Å². The molecule has 6 nitrogen and oxygen atoms in total. The maximum atomic E-state index is 12.1. The third-order valence-corrected chi connectivity index (χ3v) is 3.37. The van der Waals surface area contributed by atoms with E-state index in [2.05, 4.69) is 20.3 Å². The number of aromatic amines is 1. The van der Waals surface area contributed by atoms with Crippen molar-refractivity contribution < 1.29 is 5.11 Å². The van der Waals surface area contributed by atoms with Crippen LogP contribution < -0.4 is 10.9 Å². The number of nitrogens with one attached hydrogen (secondary N) is 2. The number of unbranched alkanes of at least 4 members (excludes halogenated alkanes) is 2. The number of anilines is 1. The number of aryl methyl sites for hydroxylation is 1. The Labute approximate surface area is 129 Å². The maximum Gasteiger partial charge on any atom is 0.255 e. The van der Waals surface area contributed by atoms with Gasteiger partial charge in [-0.15, -0.1) is 0 Å². The van der Waals surface area contributed by atoms with Crippen molar-refractivity contribution in [2.45, 2.75) is 32.6 Å². The molecule has 2 aromatic rings. The van der Waals surface area contributed by atoms with Crippen LogP contribution in [0.1, 0.15) is 36.1 Å². The average Bonchev–Trinajstić information content (AvgIpc) is 2.52. The minimum Gasteiger partial charge on any atom is -0.396 e. The summed E-state index contributed by atoms with van der Waals surface area (Å²) in [7, 11) is 0. The first kappa shape index (κ1) is 16.2. The molecule has 0 bridgehead atoms. The minimum absolute atomic E-state index is 0.131. The normalized spacial score (nSPS) is 10.6. The van der Waals surface area contributed by atoms with Crippen LogP contribution >= 0.6 is 0 Å². The highest BCUT2D eigenvalue weighted by atomic mass is 16.2. The van der Waals surface area contributed by atoms with Gasteiger partial charge in [-0.3, -0.25) is 14.8 Å². The molecule has 0 fully saturated rings. The van der Waals surface area contributed by atoms with Crippen LogP contribution in [0.3, 0.4) is 0 Å². The Morgan fingerprint density at radius 2 is 2.05 bits per heavy atom. The zero-order valence-corrected chi connectivity index (χ0v) is 12.8. The van der Waals surface area contributed by atoms with Gasteiger partial charge in [0.1, 0.15) is 0 Å². The number of aliphatic hydroxyl groups excluding tert-OH is 1. The smallest absolute Gasteiger partial charge is 0.255 e. The van der Waals surface area contributed by atoms with E-state index in [1.165, 1.54) is 0 Å². The number of hydrogen-bond donors (Lipinski definition) is 3. The lowest BCUT2D eigenvalue weighted by Crippen LogP contribution is -2.17. The van der Waals surface area contributed by atoms with Crippen LogP contribution in [-0.4, -0.2) is 33.2 Å². The topological polar surface area (TPSA) is 90.9 Å². The van der Waals surface area contributed by atoms with E-state index in [9.17, 15) is 4.79 Å². The maximum absolute atomic E-state index is 12.1. The van der Waals surface area contributed by atoms with E-state index >= 15 is 0 Å². The van der Waals surface area contributed by atoms with Gasteiger partial charge >= 0.3 is 0 Å². The van der Waals surface area contributed by atoms with E-state index in [0.717, 1.165) is 37.1 Å². The number of aliphatic hydroxyl groups is 1. The lowest BCUT2D eigenvalue weighted by Gasteiger charge is -2.06. The molecule has 0 unspecified atom stereocenters. The van der Waals surface area contributed by atoms with E-state index in [1.807, 2.05) is 19.1 Å². The Morgan fingerprint density at radius 3 is 2.73 bits per heavy atom. The van der Waals surface area contributed by atoms with Crippen LogP contribution in [0.25, 0.3) is 0 Å². The third kappa shape index (κ3) is 4.96. The fourth-order valence-electron chi connectivity index (χ4n) is 2.08. The van der Waals surface area contributed by atoms with Gasteiger partial charge in [-0.2, -0.15) is 0 Å². The molecular formula is C16H22N4O2. The molecule has 0 radical (unpaired) electrons. The van der Waals surface area contributed by atoms with E-state index < -0.39 is 0 Å². The summed E-state index contributed by atoms with van der Waals surface area (Å²) >= 11 is 0. The zero-order valence-electron chi connectivity index (χ0n) is 12.8. The fourth-order valence-corrected chi connectivity index (χ4v) is 2.08. The second-order valence-electron chi connectivity index (χ2n) is 5.28. The van der Waals surface area contributed by atoms with Crippen molar-refractivity contribution in [3.8, 4) is 0 Å². The lowest BCUT2D eigenvalue weighted by molar-refractivity contribution is 0.283. The second kappa shape index (κ2) is 8.29. The molecule has 2 heterocycles. The van der Waals surface area contributed by atoms with E-state index in [4.69, 9.17) is 5.11 Å². The van der Waals surface area contributed by atoms with E-state index in [1.54, 1.807) is 12.4 Å². The van der Waals surface area contributed by atoms with Crippen molar-refractivity contribution in [1.82, 2.24) is 15.0 Å². The quantitative estimate of drug-likeness (QED) is 0.645. The highest BCUT2D eigenvalue weighted by Crippen LogP contribution is 2.06. The van der Waals surface area contributed by atoms with Crippen LogP contribution in [0.4, 0.5) is 5.95 Å². The summed E-state index contributed by atoms with van der Waals surface area (Å²) in [5, 5.41) is 11.8. The number of pyridine rings is 1. The molecule has 0 saturated carbocycles. The van der Waals surface area contributed by atoms with Crippen LogP contribution in [0, 0.1) is 6.92 Å². The molecule has 0 aliphatic heterocycles. The molecule has 0 aliphatic carbocycles. The van der Waals surface area contributed by atoms with E-state index in [-0.39, 0.29) is 12.2 Å².